The maximum Gasteiger partial charge on any atom is 0.249 e. The van der Waals surface area contributed by atoms with Crippen LogP contribution < -0.4 is 15.9 Å². The Morgan fingerprint density at radius 1 is 1.47 bits per heavy atom. The Kier molecular flexibility index (Phi) is 20.7. The van der Waals surface area contributed by atoms with Gasteiger partial charge in [0.15, 0.2) is 0 Å². The quantitative estimate of drug-likeness (QED) is 0.292. The smallest absolute Gasteiger partial charge is 0.249 e. The second-order valence-corrected chi connectivity index (χ2v) is 2.53. The van der Waals surface area contributed by atoms with Crippen LogP contribution in [0.3, 0.4) is 0 Å². The number of alkyl halides is 1. The van der Waals surface area contributed by atoms with Gasteiger partial charge in [0.05, 0.1) is 25.1 Å². The molecule has 0 aromatic heterocycles. The second-order valence-electron chi connectivity index (χ2n) is 2.22. The molecule has 1 fully saturated rings. The molecule has 0 spiro atoms. The van der Waals surface area contributed by atoms with Crippen LogP contribution in [0.2, 0.25) is 0 Å². The number of halogens is 1. The Morgan fingerprint density at radius 2 is 1.71 bits per heavy atom. The molecule has 102 valence electrons. The first kappa shape index (κ1) is 20.8. The Labute approximate surface area is 103 Å². The molecule has 0 aromatic rings. The Hall–Kier alpha value is -1.51. The molecule has 1 aliphatic rings. The van der Waals surface area contributed by atoms with E-state index in [1.165, 1.54) is 0 Å². The highest BCUT2D eigenvalue weighted by atomic mass is 35.5. The molecule has 0 aliphatic carbocycles. The van der Waals surface area contributed by atoms with E-state index in [1.807, 2.05) is 0 Å². The van der Waals surface area contributed by atoms with Crippen LogP contribution in [-0.4, -0.2) is 47.7 Å². The number of epoxide rings is 1. The zero-order valence-electron chi connectivity index (χ0n) is 9.00. The van der Waals surface area contributed by atoms with Gasteiger partial charge in [-0.3, -0.25) is 0 Å². The third-order valence-electron chi connectivity index (χ3n) is 0.779. The fourth-order valence-corrected chi connectivity index (χ4v) is 0.335. The second kappa shape index (κ2) is 16.9. The highest BCUT2D eigenvalue weighted by molar-refractivity contribution is 6.18. The van der Waals surface area contributed by atoms with Crippen LogP contribution in [-0.2, 0) is 4.74 Å². The topological polar surface area (TPSA) is 161 Å². The molecule has 9 heteroatoms. The minimum atomic E-state index is -2.08. The van der Waals surface area contributed by atoms with E-state index in [0.29, 0.717) is 12.0 Å². The monoisotopic (exact) mass is 272 g/mol. The Balaban J connectivity index is -0.000000155. The first-order valence-electron chi connectivity index (χ1n) is 4.19. The number of ether oxygens (including phenoxy) is 1. The summed E-state index contributed by atoms with van der Waals surface area (Å²) in [6.45, 7) is 5.13. The van der Waals surface area contributed by atoms with Crippen LogP contribution in [0.1, 0.15) is 0 Å². The van der Waals surface area contributed by atoms with Crippen LogP contribution in [0.4, 0.5) is 9.59 Å². The van der Waals surface area contributed by atoms with E-state index in [4.69, 9.17) is 46.4 Å². The average Bonchev–Trinajstić information content (AvgIpc) is 2.99. The molecule has 1 heterocycles. The number of rotatable bonds is 2. The maximum atomic E-state index is 8.44. The zero-order chi connectivity index (χ0) is 14.3. The predicted molar refractivity (Wildman–Crippen MR) is 54.5 cm³/mol. The number of hydrogen-bond acceptors (Lipinski definition) is 5. The lowest BCUT2D eigenvalue weighted by atomic mass is 10.6. The normalized spacial score (nSPS) is 14.4. The number of carbonyl (C=O) groups is 2. The zero-order valence-corrected chi connectivity index (χ0v) is 9.76. The van der Waals surface area contributed by atoms with E-state index in [-0.39, 0.29) is 0 Å². The van der Waals surface area contributed by atoms with Crippen molar-refractivity contribution in [2.45, 2.75) is 6.10 Å². The summed E-state index contributed by atoms with van der Waals surface area (Å²) in [6.07, 6.45) is -2.00. The molecule has 5 N–H and O–H groups in total. The number of hydrogen-bond donors (Lipinski definition) is 3. The summed E-state index contributed by atoms with van der Waals surface area (Å²) >= 11 is 5.27. The van der Waals surface area contributed by atoms with Gasteiger partial charge >= 0.3 is 0 Å². The van der Waals surface area contributed by atoms with E-state index < -0.39 is 12.3 Å². The minimum absolute atomic E-state index is 0.400. The van der Waals surface area contributed by atoms with Gasteiger partial charge in [-0.1, -0.05) is 6.58 Å². The predicted octanol–water partition coefficient (Wildman–Crippen LogP) is -2.19. The molecule has 1 unspecified atom stereocenters. The molecule has 1 aliphatic heterocycles. The summed E-state index contributed by atoms with van der Waals surface area (Å²) < 4.78 is 4.73. The van der Waals surface area contributed by atoms with E-state index in [2.05, 4.69) is 12.3 Å². The van der Waals surface area contributed by atoms with Crippen LogP contribution in [0.5, 0.6) is 0 Å². The highest BCUT2D eigenvalue weighted by Gasteiger charge is 2.19. The molecular formula is C8H15ClNO7-. The van der Waals surface area contributed by atoms with Gasteiger partial charge in [0.2, 0.25) is 12.3 Å². The molecule has 1 rings (SSSR count). The number of carboxylic acid groups (broad SMARTS) is 4. The summed E-state index contributed by atoms with van der Waals surface area (Å²) in [6, 6.07) is 0. The Morgan fingerprint density at radius 3 is 1.71 bits per heavy atom. The van der Waals surface area contributed by atoms with Crippen molar-refractivity contribution in [1.29, 1.82) is 0 Å². The summed E-state index contributed by atoms with van der Waals surface area (Å²) in [7, 11) is 0. The molecular weight excluding hydrogens is 258 g/mol. The van der Waals surface area contributed by atoms with Gasteiger partial charge in [-0.15, -0.1) is 11.6 Å². The van der Waals surface area contributed by atoms with Crippen LogP contribution in [0, 0.1) is 0 Å². The van der Waals surface area contributed by atoms with Crippen LogP contribution in [0.15, 0.2) is 12.7 Å². The van der Waals surface area contributed by atoms with Gasteiger partial charge in [-0.05, 0) is 6.08 Å². The fourth-order valence-electron chi connectivity index (χ4n) is 0.157. The lowest BCUT2D eigenvalue weighted by molar-refractivity contribution is -0.352. The summed E-state index contributed by atoms with van der Waals surface area (Å²) in [4.78, 5) is 16.9. The van der Waals surface area contributed by atoms with Gasteiger partial charge < -0.3 is 40.5 Å². The first-order chi connectivity index (χ1) is 7.81. The van der Waals surface area contributed by atoms with E-state index >= 15 is 0 Å². The van der Waals surface area contributed by atoms with Crippen molar-refractivity contribution in [2.75, 3.05) is 19.0 Å². The molecule has 1 atom stereocenters. The molecule has 1 saturated heterocycles. The molecule has 17 heavy (non-hydrogen) atoms. The largest absolute Gasteiger partial charge is 0.565 e. The minimum Gasteiger partial charge on any atom is -0.565 e. The molecule has 0 bridgehead atoms. The first-order valence-corrected chi connectivity index (χ1v) is 4.72. The van der Waals surface area contributed by atoms with E-state index in [0.717, 1.165) is 13.2 Å². The van der Waals surface area contributed by atoms with Gasteiger partial charge in [-0.2, -0.15) is 0 Å². The van der Waals surface area contributed by atoms with Crippen molar-refractivity contribution in [3.63, 3.8) is 0 Å². The molecule has 8 nitrogen and oxygen atoms in total. The van der Waals surface area contributed by atoms with Crippen molar-refractivity contribution in [3.05, 3.63) is 12.7 Å². The van der Waals surface area contributed by atoms with Crippen LogP contribution in [0.25, 0.3) is 0 Å². The lowest BCUT2D eigenvalue weighted by Crippen LogP contribution is -2.48. The van der Waals surface area contributed by atoms with Gasteiger partial charge in [-0.25, -0.2) is 0 Å². The Bertz CT molecular complexity index is 188. The van der Waals surface area contributed by atoms with E-state index in [1.54, 1.807) is 6.08 Å². The highest BCUT2D eigenvalue weighted by Crippen LogP contribution is 2.08. The van der Waals surface area contributed by atoms with E-state index in [9.17, 15) is 0 Å². The molecule has 0 radical (unpaired) electrons. The lowest BCUT2D eigenvalue weighted by Gasteiger charge is -1.74. The molecule has 0 amide bonds. The molecule has 0 saturated carbocycles. The van der Waals surface area contributed by atoms with Crippen molar-refractivity contribution in [3.8, 4) is 0 Å². The molecule has 0 aromatic carbocycles. The summed E-state index contributed by atoms with van der Waals surface area (Å²) in [5, 5.41) is 30.6. The summed E-state index contributed by atoms with van der Waals surface area (Å²) in [5.41, 5.74) is 3.49. The standard InChI is InChI=1S/C3H5ClO.C3H7N.2CH2O3/c4-1-3-2-5-3;1-2-3-4;2*2-1(3)4/h3H,1-2H2;2H,1,3-4H2;2*(H2,2,3,4)/p-1. The third-order valence-corrected chi connectivity index (χ3v) is 1.12. The fraction of sp³-hybridized carbons (Fsp3) is 0.500. The van der Waals surface area contributed by atoms with Crippen molar-refractivity contribution >= 4 is 23.9 Å². The van der Waals surface area contributed by atoms with Crippen LogP contribution >= 0.6 is 11.6 Å². The average molecular weight is 273 g/mol. The number of quaternary nitrogens is 1. The van der Waals surface area contributed by atoms with Gasteiger partial charge in [0, 0.05) is 0 Å². The summed E-state index contributed by atoms with van der Waals surface area (Å²) in [5.74, 6) is 0.667. The van der Waals surface area contributed by atoms with Crippen molar-refractivity contribution < 1.29 is 40.5 Å². The maximum absolute atomic E-state index is 8.44. The van der Waals surface area contributed by atoms with Crippen molar-refractivity contribution in [1.82, 2.24) is 0 Å². The van der Waals surface area contributed by atoms with Crippen molar-refractivity contribution in [2.24, 2.45) is 0 Å². The third kappa shape index (κ3) is 112. The SMILES string of the molecule is C=CC[NH3+].ClCC1CO1.O=C([O-])O.O=C([O-])O. The van der Waals surface area contributed by atoms with Gasteiger partial charge in [0.1, 0.15) is 0 Å². The van der Waals surface area contributed by atoms with Gasteiger partial charge in [0.25, 0.3) is 0 Å².